The zero-order chi connectivity index (χ0) is 12.0. The van der Waals surface area contributed by atoms with E-state index in [4.69, 9.17) is 11.6 Å². The van der Waals surface area contributed by atoms with E-state index in [1.165, 1.54) is 30.5 Å². The second-order valence-corrected chi connectivity index (χ2v) is 7.07. The maximum Gasteiger partial charge on any atom is 0.0476 e. The molecule has 3 heteroatoms. The molecule has 1 aliphatic carbocycles. The molecule has 0 N–H and O–H groups in total. The minimum absolute atomic E-state index is 0.697. The first kappa shape index (κ1) is 12.1. The van der Waals surface area contributed by atoms with Gasteiger partial charge in [0.05, 0.1) is 0 Å². The molecule has 92 valence electrons. The number of halogens is 2. The molecule has 1 aromatic rings. The molecule has 0 spiro atoms. The summed E-state index contributed by atoms with van der Waals surface area (Å²) in [5.74, 6) is 0.708. The van der Waals surface area contributed by atoms with Crippen LogP contribution in [0.15, 0.2) is 18.2 Å². The summed E-state index contributed by atoms with van der Waals surface area (Å²) >= 11 is 8.81. The van der Waals surface area contributed by atoms with E-state index in [2.05, 4.69) is 46.5 Å². The average Bonchev–Trinajstić information content (AvgIpc) is 2.64. The lowest BCUT2D eigenvalue weighted by Crippen LogP contribution is -2.42. The molecule has 0 radical (unpaired) electrons. The topological polar surface area (TPSA) is 3.24 Å². The van der Waals surface area contributed by atoms with Gasteiger partial charge in [-0.05, 0) is 43.5 Å². The Hall–Kier alpha value is 0.0400. The molecule has 2 aliphatic rings. The summed E-state index contributed by atoms with van der Waals surface area (Å²) < 4.78 is 0.775. The van der Waals surface area contributed by atoms with Crippen molar-refractivity contribution in [3.63, 3.8) is 0 Å². The molecule has 0 saturated heterocycles. The Morgan fingerprint density at radius 2 is 2.24 bits per heavy atom. The first-order valence-corrected chi connectivity index (χ1v) is 8.05. The Labute approximate surface area is 122 Å². The minimum Gasteiger partial charge on any atom is -0.367 e. The number of alkyl halides is 1. The fourth-order valence-corrected chi connectivity index (χ4v) is 5.01. The highest BCUT2D eigenvalue weighted by molar-refractivity contribution is 14.1. The van der Waals surface area contributed by atoms with E-state index in [1.807, 2.05) is 6.07 Å². The Morgan fingerprint density at radius 1 is 1.41 bits per heavy atom. The number of anilines is 1. The van der Waals surface area contributed by atoms with E-state index in [1.54, 1.807) is 0 Å². The minimum atomic E-state index is 0.697. The third kappa shape index (κ3) is 1.88. The van der Waals surface area contributed by atoms with Crippen molar-refractivity contribution < 1.29 is 0 Å². The van der Waals surface area contributed by atoms with Gasteiger partial charge in [0.15, 0.2) is 0 Å². The van der Waals surface area contributed by atoms with Gasteiger partial charge in [-0.25, -0.2) is 0 Å². The van der Waals surface area contributed by atoms with Crippen LogP contribution < -0.4 is 4.90 Å². The number of hydrogen-bond donors (Lipinski definition) is 0. The average molecular weight is 362 g/mol. The summed E-state index contributed by atoms with van der Waals surface area (Å²) in [7, 11) is 0. The summed E-state index contributed by atoms with van der Waals surface area (Å²) in [6.45, 7) is 3.37. The lowest BCUT2D eigenvalue weighted by atomic mass is 9.82. The van der Waals surface area contributed by atoms with Crippen LogP contribution in [0.3, 0.4) is 0 Å². The SMILES string of the molecule is CCN1c2ccc(Cl)cc2C2CCCC(I)C21. The lowest BCUT2D eigenvalue weighted by molar-refractivity contribution is 0.409. The Morgan fingerprint density at radius 3 is 3.00 bits per heavy atom. The third-order valence-corrected chi connectivity index (χ3v) is 5.77. The van der Waals surface area contributed by atoms with Crippen molar-refractivity contribution >= 4 is 39.9 Å². The molecule has 3 rings (SSSR count). The maximum atomic E-state index is 6.16. The van der Waals surface area contributed by atoms with Gasteiger partial charge in [-0.1, -0.05) is 40.6 Å². The van der Waals surface area contributed by atoms with Crippen LogP contribution in [-0.2, 0) is 0 Å². The van der Waals surface area contributed by atoms with E-state index in [0.717, 1.165) is 15.5 Å². The van der Waals surface area contributed by atoms with Crippen molar-refractivity contribution in [3.8, 4) is 0 Å². The van der Waals surface area contributed by atoms with Gasteiger partial charge >= 0.3 is 0 Å². The first-order chi connectivity index (χ1) is 8.22. The molecule has 1 aliphatic heterocycles. The molecule has 17 heavy (non-hydrogen) atoms. The van der Waals surface area contributed by atoms with Crippen LogP contribution in [0, 0.1) is 0 Å². The number of likely N-dealkylation sites (N-methyl/N-ethyl adjacent to an activating group) is 1. The molecule has 1 fully saturated rings. The monoisotopic (exact) mass is 361 g/mol. The Kier molecular flexibility index (Phi) is 3.28. The first-order valence-electron chi connectivity index (χ1n) is 6.42. The third-order valence-electron chi connectivity index (χ3n) is 4.18. The van der Waals surface area contributed by atoms with Gasteiger partial charge in [0, 0.05) is 33.1 Å². The zero-order valence-corrected chi connectivity index (χ0v) is 12.9. The quantitative estimate of drug-likeness (QED) is 0.521. The normalized spacial score (nSPS) is 31.2. The standard InChI is InChI=1S/C14H17ClIN/c1-2-17-13-7-6-9(15)8-11(13)10-4-3-5-12(16)14(10)17/h6-8,10,12,14H,2-5H2,1H3. The molecular formula is C14H17ClIN. The Bertz CT molecular complexity index is 434. The number of hydrogen-bond acceptors (Lipinski definition) is 1. The molecule has 3 atom stereocenters. The Balaban J connectivity index is 2.08. The van der Waals surface area contributed by atoms with Crippen molar-refractivity contribution in [2.24, 2.45) is 0 Å². The van der Waals surface area contributed by atoms with Crippen LogP contribution in [0.1, 0.15) is 37.7 Å². The number of benzene rings is 1. The van der Waals surface area contributed by atoms with Gasteiger partial charge in [0.2, 0.25) is 0 Å². The van der Waals surface area contributed by atoms with Crippen LogP contribution in [0.25, 0.3) is 0 Å². The lowest BCUT2D eigenvalue weighted by Gasteiger charge is -2.36. The number of rotatable bonds is 1. The second kappa shape index (κ2) is 4.61. The van der Waals surface area contributed by atoms with Crippen LogP contribution >= 0.6 is 34.2 Å². The number of nitrogens with zero attached hydrogens (tertiary/aromatic N) is 1. The summed E-state index contributed by atoms with van der Waals surface area (Å²) in [5, 5.41) is 0.885. The van der Waals surface area contributed by atoms with Gasteiger partial charge in [-0.3, -0.25) is 0 Å². The van der Waals surface area contributed by atoms with Crippen LogP contribution in [-0.4, -0.2) is 16.5 Å². The van der Waals surface area contributed by atoms with Gasteiger partial charge in [0.1, 0.15) is 0 Å². The highest BCUT2D eigenvalue weighted by Crippen LogP contribution is 2.50. The van der Waals surface area contributed by atoms with Crippen LogP contribution in [0.5, 0.6) is 0 Å². The smallest absolute Gasteiger partial charge is 0.0476 e. The molecule has 1 heterocycles. The molecule has 1 saturated carbocycles. The van der Waals surface area contributed by atoms with Crippen molar-refractivity contribution in [1.29, 1.82) is 0 Å². The predicted molar refractivity (Wildman–Crippen MR) is 82.7 cm³/mol. The summed E-state index contributed by atoms with van der Waals surface area (Å²) in [4.78, 5) is 2.59. The van der Waals surface area contributed by atoms with Gasteiger partial charge in [0.25, 0.3) is 0 Å². The summed E-state index contributed by atoms with van der Waals surface area (Å²) in [5.41, 5.74) is 2.92. The summed E-state index contributed by atoms with van der Waals surface area (Å²) in [6.07, 6.45) is 4.05. The fraction of sp³-hybridized carbons (Fsp3) is 0.571. The van der Waals surface area contributed by atoms with Crippen molar-refractivity contribution in [2.75, 3.05) is 11.4 Å². The second-order valence-electron chi connectivity index (χ2n) is 5.03. The van der Waals surface area contributed by atoms with Gasteiger partial charge in [-0.15, -0.1) is 0 Å². The number of fused-ring (bicyclic) bond motifs is 3. The zero-order valence-electron chi connectivity index (χ0n) is 10.00. The molecule has 0 amide bonds. The highest BCUT2D eigenvalue weighted by atomic mass is 127. The van der Waals surface area contributed by atoms with Gasteiger partial charge in [-0.2, -0.15) is 0 Å². The molecule has 0 aromatic heterocycles. The van der Waals surface area contributed by atoms with Crippen LogP contribution in [0.2, 0.25) is 5.02 Å². The van der Waals surface area contributed by atoms with E-state index in [-0.39, 0.29) is 0 Å². The van der Waals surface area contributed by atoms with Crippen LogP contribution in [0.4, 0.5) is 5.69 Å². The maximum absolute atomic E-state index is 6.16. The predicted octanol–water partition coefficient (Wildman–Crippen LogP) is 4.62. The molecule has 0 bridgehead atoms. The van der Waals surface area contributed by atoms with Crippen molar-refractivity contribution in [1.82, 2.24) is 0 Å². The van der Waals surface area contributed by atoms with Gasteiger partial charge < -0.3 is 4.90 Å². The van der Waals surface area contributed by atoms with E-state index in [0.29, 0.717) is 12.0 Å². The largest absolute Gasteiger partial charge is 0.367 e. The van der Waals surface area contributed by atoms with Crippen molar-refractivity contribution in [3.05, 3.63) is 28.8 Å². The molecule has 3 unspecified atom stereocenters. The van der Waals surface area contributed by atoms with E-state index < -0.39 is 0 Å². The molecule has 1 nitrogen and oxygen atoms in total. The van der Waals surface area contributed by atoms with E-state index in [9.17, 15) is 0 Å². The van der Waals surface area contributed by atoms with Crippen molar-refractivity contribution in [2.45, 2.75) is 42.1 Å². The molecular weight excluding hydrogens is 345 g/mol. The summed E-state index contributed by atoms with van der Waals surface area (Å²) in [6, 6.07) is 7.13. The fourth-order valence-electron chi connectivity index (χ4n) is 3.50. The highest BCUT2D eigenvalue weighted by Gasteiger charge is 2.43. The van der Waals surface area contributed by atoms with E-state index >= 15 is 0 Å². The molecule has 1 aromatic carbocycles.